The van der Waals surface area contributed by atoms with Crippen molar-refractivity contribution in [1.82, 2.24) is 10.2 Å². The van der Waals surface area contributed by atoms with Crippen molar-refractivity contribution in [3.63, 3.8) is 0 Å². The molecule has 2 aromatic rings. The van der Waals surface area contributed by atoms with E-state index in [0.29, 0.717) is 5.69 Å². The first-order chi connectivity index (χ1) is 19.3. The second kappa shape index (κ2) is 11.4. The number of carbonyl (C=O) groups excluding carboxylic acids is 2. The van der Waals surface area contributed by atoms with Gasteiger partial charge in [-0.05, 0) is 106 Å². The van der Waals surface area contributed by atoms with Crippen LogP contribution in [0.1, 0.15) is 70.4 Å². The predicted octanol–water partition coefficient (Wildman–Crippen LogP) is 5.00. The summed E-state index contributed by atoms with van der Waals surface area (Å²) in [7, 11) is -3.84. The van der Waals surface area contributed by atoms with Gasteiger partial charge in [0, 0.05) is 18.2 Å². The van der Waals surface area contributed by atoms with Gasteiger partial charge in [0.05, 0.1) is 11.9 Å². The third kappa shape index (κ3) is 6.30. The van der Waals surface area contributed by atoms with Gasteiger partial charge in [-0.15, -0.1) is 0 Å². The number of nitrogens with one attached hydrogen (secondary N) is 1. The highest BCUT2D eigenvalue weighted by Crippen LogP contribution is 2.60. The van der Waals surface area contributed by atoms with E-state index in [1.807, 2.05) is 26.0 Å². The lowest BCUT2D eigenvalue weighted by Gasteiger charge is -2.57. The average molecular weight is 584 g/mol. The van der Waals surface area contributed by atoms with E-state index < -0.39 is 40.2 Å². The molecular formula is C32H42FN3O4S. The Morgan fingerprint density at radius 2 is 1.51 bits per heavy atom. The quantitative estimate of drug-likeness (QED) is 0.427. The Morgan fingerprint density at radius 1 is 0.951 bits per heavy atom. The minimum Gasteiger partial charge on any atom is -0.352 e. The second-order valence-corrected chi connectivity index (χ2v) is 14.9. The van der Waals surface area contributed by atoms with E-state index in [9.17, 15) is 22.4 Å². The molecule has 0 radical (unpaired) electrons. The number of hydrogen-bond donors (Lipinski definition) is 1. The summed E-state index contributed by atoms with van der Waals surface area (Å²) in [6.07, 6.45) is 8.72. The van der Waals surface area contributed by atoms with Gasteiger partial charge in [-0.2, -0.15) is 0 Å². The Morgan fingerprint density at radius 3 is 2.02 bits per heavy atom. The van der Waals surface area contributed by atoms with Gasteiger partial charge in [0.15, 0.2) is 0 Å². The van der Waals surface area contributed by atoms with Gasteiger partial charge in [0.1, 0.15) is 18.4 Å². The predicted molar refractivity (Wildman–Crippen MR) is 158 cm³/mol. The summed E-state index contributed by atoms with van der Waals surface area (Å²) in [6.45, 7) is 4.53. The van der Waals surface area contributed by atoms with Gasteiger partial charge in [0.2, 0.25) is 21.8 Å². The summed E-state index contributed by atoms with van der Waals surface area (Å²) < 4.78 is 41.6. The Bertz CT molecular complexity index is 1360. The molecule has 9 heteroatoms. The van der Waals surface area contributed by atoms with E-state index in [4.69, 9.17) is 0 Å². The summed E-state index contributed by atoms with van der Waals surface area (Å²) in [5.74, 6) is 0.900. The number of sulfonamides is 1. The zero-order chi connectivity index (χ0) is 29.5. The van der Waals surface area contributed by atoms with Crippen LogP contribution in [-0.4, -0.2) is 50.0 Å². The number of carbonyl (C=O) groups is 2. The van der Waals surface area contributed by atoms with E-state index in [2.05, 4.69) is 5.32 Å². The number of nitrogens with zero attached hydrogens (tertiary/aromatic N) is 2. The van der Waals surface area contributed by atoms with Gasteiger partial charge < -0.3 is 10.2 Å². The minimum absolute atomic E-state index is 0.157. The zero-order valence-electron chi connectivity index (χ0n) is 24.5. The van der Waals surface area contributed by atoms with Crippen molar-refractivity contribution in [3.05, 3.63) is 65.5 Å². The molecule has 4 aliphatic carbocycles. The van der Waals surface area contributed by atoms with E-state index in [1.165, 1.54) is 55.1 Å². The maximum absolute atomic E-state index is 14.6. The monoisotopic (exact) mass is 583 g/mol. The van der Waals surface area contributed by atoms with Crippen LogP contribution < -0.4 is 9.62 Å². The molecule has 7 nitrogen and oxygen atoms in total. The lowest BCUT2D eigenvalue weighted by atomic mass is 9.48. The molecule has 222 valence electrons. The molecule has 0 aromatic heterocycles. The highest BCUT2D eigenvalue weighted by Gasteiger charge is 2.51. The lowest BCUT2D eigenvalue weighted by Crippen LogP contribution is -2.52. The first-order valence-corrected chi connectivity index (χ1v) is 16.6. The summed E-state index contributed by atoms with van der Waals surface area (Å²) in [5, 5.41) is 2.80. The fourth-order valence-corrected chi connectivity index (χ4v) is 8.71. The van der Waals surface area contributed by atoms with Crippen LogP contribution in [0.5, 0.6) is 0 Å². The van der Waals surface area contributed by atoms with Gasteiger partial charge in [-0.3, -0.25) is 13.9 Å². The van der Waals surface area contributed by atoms with E-state index in [0.717, 1.165) is 28.3 Å². The van der Waals surface area contributed by atoms with Crippen LogP contribution in [0.3, 0.4) is 0 Å². The smallest absolute Gasteiger partial charge is 0.244 e. The Hall–Kier alpha value is -2.94. The van der Waals surface area contributed by atoms with Crippen molar-refractivity contribution in [2.24, 2.45) is 17.8 Å². The SMILES string of the molecule is CC(C)NC(=O)C(C)N(Cc1ccccc1F)C(=O)CN(c1ccc(C23CC4CC(CC(C4)C2)C3)cc1)S(C)(=O)=O. The van der Waals surface area contributed by atoms with Crippen molar-refractivity contribution >= 4 is 27.5 Å². The van der Waals surface area contributed by atoms with Crippen LogP contribution in [0.2, 0.25) is 0 Å². The minimum atomic E-state index is -3.84. The molecule has 4 aliphatic rings. The molecule has 4 bridgehead atoms. The van der Waals surface area contributed by atoms with Crippen LogP contribution in [-0.2, 0) is 31.6 Å². The lowest BCUT2D eigenvalue weighted by molar-refractivity contribution is -0.139. The van der Waals surface area contributed by atoms with Gasteiger partial charge in [0.25, 0.3) is 0 Å². The fourth-order valence-electron chi connectivity index (χ4n) is 7.86. The largest absolute Gasteiger partial charge is 0.352 e. The number of hydrogen-bond acceptors (Lipinski definition) is 4. The fraction of sp³-hybridized carbons (Fsp3) is 0.562. The van der Waals surface area contributed by atoms with Crippen LogP contribution >= 0.6 is 0 Å². The number of halogens is 1. The summed E-state index contributed by atoms with van der Waals surface area (Å²) in [6, 6.07) is 12.7. The van der Waals surface area contributed by atoms with Crippen LogP contribution in [0.25, 0.3) is 0 Å². The molecule has 0 aliphatic heterocycles. The summed E-state index contributed by atoms with van der Waals surface area (Å²) in [5.41, 5.74) is 2.09. The average Bonchev–Trinajstić information content (AvgIpc) is 2.89. The number of benzene rings is 2. The molecular weight excluding hydrogens is 541 g/mol. The third-order valence-corrected chi connectivity index (χ3v) is 10.5. The van der Waals surface area contributed by atoms with Crippen molar-refractivity contribution in [2.45, 2.75) is 83.3 Å². The third-order valence-electron chi connectivity index (χ3n) is 9.38. The van der Waals surface area contributed by atoms with E-state index in [1.54, 1.807) is 37.3 Å². The maximum Gasteiger partial charge on any atom is 0.244 e. The summed E-state index contributed by atoms with van der Waals surface area (Å²) >= 11 is 0. The maximum atomic E-state index is 14.6. The molecule has 0 spiro atoms. The van der Waals surface area contributed by atoms with Gasteiger partial charge >= 0.3 is 0 Å². The number of amides is 2. The van der Waals surface area contributed by atoms with E-state index in [-0.39, 0.29) is 23.6 Å². The number of anilines is 1. The van der Waals surface area contributed by atoms with Crippen molar-refractivity contribution < 1.29 is 22.4 Å². The van der Waals surface area contributed by atoms with Crippen LogP contribution in [0.15, 0.2) is 48.5 Å². The van der Waals surface area contributed by atoms with Crippen LogP contribution in [0, 0.1) is 23.6 Å². The normalized spacial score (nSPS) is 25.7. The van der Waals surface area contributed by atoms with Crippen molar-refractivity contribution in [1.29, 1.82) is 0 Å². The molecule has 4 fully saturated rings. The number of rotatable bonds is 10. The van der Waals surface area contributed by atoms with E-state index >= 15 is 0 Å². The topological polar surface area (TPSA) is 86.8 Å². The molecule has 4 saturated carbocycles. The highest BCUT2D eigenvalue weighted by molar-refractivity contribution is 7.92. The molecule has 6 rings (SSSR count). The molecule has 41 heavy (non-hydrogen) atoms. The van der Waals surface area contributed by atoms with Crippen LogP contribution in [0.4, 0.5) is 10.1 Å². The molecule has 1 N–H and O–H groups in total. The Labute approximate surface area is 243 Å². The molecule has 1 atom stereocenters. The highest BCUT2D eigenvalue weighted by atomic mass is 32.2. The molecule has 2 amide bonds. The van der Waals surface area contributed by atoms with Crippen molar-refractivity contribution in [2.75, 3.05) is 17.1 Å². The second-order valence-electron chi connectivity index (χ2n) is 13.0. The zero-order valence-corrected chi connectivity index (χ0v) is 25.3. The molecule has 1 unspecified atom stereocenters. The first kappa shape index (κ1) is 29.5. The van der Waals surface area contributed by atoms with Crippen molar-refractivity contribution in [3.8, 4) is 0 Å². The van der Waals surface area contributed by atoms with Gasteiger partial charge in [-0.25, -0.2) is 12.8 Å². The van der Waals surface area contributed by atoms with Gasteiger partial charge in [-0.1, -0.05) is 30.3 Å². The molecule has 2 aromatic carbocycles. The Balaban J connectivity index is 1.39. The Kier molecular flexibility index (Phi) is 8.21. The first-order valence-electron chi connectivity index (χ1n) is 14.8. The standard InChI is InChI=1S/C32H42FN3O4S/c1-21(2)34-31(38)22(3)35(19-26-7-5-6-8-29(26)33)30(37)20-36(41(4,39)40)28-11-9-27(10-12-28)32-16-23-13-24(17-32)15-25(14-23)18-32/h5-12,21-25H,13-20H2,1-4H3,(H,34,38). The molecule has 0 saturated heterocycles. The summed E-state index contributed by atoms with van der Waals surface area (Å²) in [4.78, 5) is 27.9. The molecule has 0 heterocycles.